The van der Waals surface area contributed by atoms with E-state index in [1.807, 2.05) is 11.7 Å². The molecule has 1 aromatic rings. The van der Waals surface area contributed by atoms with E-state index in [2.05, 4.69) is 30.8 Å². The Morgan fingerprint density at radius 3 is 2.65 bits per heavy atom. The summed E-state index contributed by atoms with van der Waals surface area (Å²) in [6.45, 7) is 8.79. The zero-order valence-corrected chi connectivity index (χ0v) is 11.4. The summed E-state index contributed by atoms with van der Waals surface area (Å²) >= 11 is 0. The summed E-state index contributed by atoms with van der Waals surface area (Å²) in [6.07, 6.45) is 2.58. The lowest BCUT2D eigenvalue weighted by molar-refractivity contribution is 0.440. The van der Waals surface area contributed by atoms with E-state index in [0.29, 0.717) is 5.92 Å². The van der Waals surface area contributed by atoms with E-state index in [-0.39, 0.29) is 0 Å². The molecule has 0 bridgehead atoms. The molecule has 0 amide bonds. The average molecular weight is 236 g/mol. The molecule has 1 atom stereocenters. The molecule has 96 valence electrons. The second-order valence-electron chi connectivity index (χ2n) is 5.59. The van der Waals surface area contributed by atoms with E-state index in [9.17, 15) is 0 Å². The zero-order chi connectivity index (χ0) is 12.6. The Labute approximate surface area is 104 Å². The molecule has 1 fully saturated rings. The van der Waals surface area contributed by atoms with Crippen molar-refractivity contribution in [3.8, 4) is 0 Å². The maximum Gasteiger partial charge on any atom is 0.150 e. The van der Waals surface area contributed by atoms with Crippen LogP contribution in [-0.4, -0.2) is 22.9 Å². The van der Waals surface area contributed by atoms with Gasteiger partial charge in [-0.1, -0.05) is 20.8 Å². The zero-order valence-electron chi connectivity index (χ0n) is 11.4. The minimum absolute atomic E-state index is 0.386. The molecule has 1 aliphatic heterocycles. The van der Waals surface area contributed by atoms with Gasteiger partial charge in [-0.25, -0.2) is 0 Å². The number of nitrogen functional groups attached to an aromatic ring is 1. The summed E-state index contributed by atoms with van der Waals surface area (Å²) in [4.78, 5) is 2.39. The van der Waals surface area contributed by atoms with E-state index in [4.69, 9.17) is 5.73 Å². The van der Waals surface area contributed by atoms with Gasteiger partial charge in [-0.3, -0.25) is 4.68 Å². The van der Waals surface area contributed by atoms with Crippen LogP contribution in [0.15, 0.2) is 0 Å². The fourth-order valence-electron chi connectivity index (χ4n) is 2.73. The first-order valence-electron chi connectivity index (χ1n) is 6.58. The molecule has 4 nitrogen and oxygen atoms in total. The third-order valence-corrected chi connectivity index (χ3v) is 3.58. The molecule has 4 heteroatoms. The van der Waals surface area contributed by atoms with Crippen LogP contribution < -0.4 is 10.6 Å². The highest BCUT2D eigenvalue weighted by molar-refractivity contribution is 5.67. The van der Waals surface area contributed by atoms with E-state index in [0.717, 1.165) is 36.2 Å². The van der Waals surface area contributed by atoms with Gasteiger partial charge in [0.2, 0.25) is 0 Å². The quantitative estimate of drug-likeness (QED) is 0.857. The average Bonchev–Trinajstić information content (AvgIpc) is 2.54. The van der Waals surface area contributed by atoms with Gasteiger partial charge < -0.3 is 10.6 Å². The highest BCUT2D eigenvalue weighted by Crippen LogP contribution is 2.32. The summed E-state index contributed by atoms with van der Waals surface area (Å²) in [7, 11) is 2.00. The van der Waals surface area contributed by atoms with Crippen LogP contribution in [0.2, 0.25) is 0 Å². The van der Waals surface area contributed by atoms with Crippen molar-refractivity contribution in [1.29, 1.82) is 0 Å². The number of anilines is 2. The van der Waals surface area contributed by atoms with Crippen molar-refractivity contribution in [1.82, 2.24) is 9.78 Å². The molecule has 0 aromatic carbocycles. The first kappa shape index (κ1) is 12.3. The molecule has 1 aliphatic rings. The van der Waals surface area contributed by atoms with E-state index in [1.54, 1.807) is 0 Å². The number of nitrogens with two attached hydrogens (primary N) is 1. The summed E-state index contributed by atoms with van der Waals surface area (Å²) in [5.74, 6) is 2.25. The van der Waals surface area contributed by atoms with E-state index >= 15 is 0 Å². The molecular formula is C13H24N4. The van der Waals surface area contributed by atoms with Crippen molar-refractivity contribution in [2.75, 3.05) is 23.7 Å². The number of hydrogen-bond donors (Lipinski definition) is 1. The normalized spacial score (nSPS) is 21.2. The Hall–Kier alpha value is -1.19. The lowest BCUT2D eigenvalue weighted by Gasteiger charge is -2.32. The Morgan fingerprint density at radius 1 is 1.41 bits per heavy atom. The lowest BCUT2D eigenvalue weighted by atomic mass is 10.00. The van der Waals surface area contributed by atoms with E-state index < -0.39 is 0 Å². The highest BCUT2D eigenvalue weighted by atomic mass is 15.4. The molecule has 1 unspecified atom stereocenters. The molecule has 2 N–H and O–H groups in total. The van der Waals surface area contributed by atoms with Crippen molar-refractivity contribution in [3.05, 3.63) is 5.69 Å². The van der Waals surface area contributed by atoms with Crippen LogP contribution >= 0.6 is 0 Å². The van der Waals surface area contributed by atoms with Crippen molar-refractivity contribution in [2.24, 2.45) is 13.0 Å². The highest BCUT2D eigenvalue weighted by Gasteiger charge is 2.24. The molecule has 2 rings (SSSR count). The Kier molecular flexibility index (Phi) is 3.31. The number of rotatable bonds is 2. The van der Waals surface area contributed by atoms with Crippen LogP contribution in [0.3, 0.4) is 0 Å². The molecule has 1 aromatic heterocycles. The van der Waals surface area contributed by atoms with Gasteiger partial charge in [0.1, 0.15) is 5.82 Å². The molecular weight excluding hydrogens is 212 g/mol. The molecule has 0 saturated carbocycles. The molecule has 0 aliphatic carbocycles. The lowest BCUT2D eigenvalue weighted by Crippen LogP contribution is -2.35. The number of piperidine rings is 1. The smallest absolute Gasteiger partial charge is 0.150 e. The van der Waals surface area contributed by atoms with Crippen molar-refractivity contribution in [3.63, 3.8) is 0 Å². The maximum absolute atomic E-state index is 6.26. The van der Waals surface area contributed by atoms with Crippen LogP contribution in [0, 0.1) is 5.92 Å². The van der Waals surface area contributed by atoms with Gasteiger partial charge in [0.05, 0.1) is 11.4 Å². The molecule has 0 radical (unpaired) electrons. The second kappa shape index (κ2) is 4.59. The van der Waals surface area contributed by atoms with Gasteiger partial charge in [0, 0.05) is 20.1 Å². The van der Waals surface area contributed by atoms with Crippen LogP contribution in [0.5, 0.6) is 0 Å². The van der Waals surface area contributed by atoms with Crippen LogP contribution in [-0.2, 0) is 7.05 Å². The first-order chi connectivity index (χ1) is 8.00. The minimum atomic E-state index is 0.386. The van der Waals surface area contributed by atoms with Crippen LogP contribution in [0.25, 0.3) is 0 Å². The van der Waals surface area contributed by atoms with Gasteiger partial charge >= 0.3 is 0 Å². The summed E-state index contributed by atoms with van der Waals surface area (Å²) in [5.41, 5.74) is 8.16. The van der Waals surface area contributed by atoms with Crippen molar-refractivity contribution < 1.29 is 0 Å². The minimum Gasteiger partial charge on any atom is -0.394 e. The third kappa shape index (κ3) is 2.26. The van der Waals surface area contributed by atoms with Gasteiger partial charge in [-0.15, -0.1) is 0 Å². The number of hydrogen-bond acceptors (Lipinski definition) is 3. The standard InChI is InChI=1S/C13H24N4/c1-9(2)12-11(14)13(16(4)15-12)17-7-5-6-10(3)8-17/h9-10H,5-8,14H2,1-4H3. The Bertz CT molecular complexity index is 394. The first-order valence-corrected chi connectivity index (χ1v) is 6.58. The van der Waals surface area contributed by atoms with Crippen LogP contribution in [0.1, 0.15) is 45.2 Å². The number of aromatic nitrogens is 2. The van der Waals surface area contributed by atoms with Crippen molar-refractivity contribution >= 4 is 11.5 Å². The monoisotopic (exact) mass is 236 g/mol. The Morgan fingerprint density at radius 2 is 2.12 bits per heavy atom. The largest absolute Gasteiger partial charge is 0.394 e. The molecule has 2 heterocycles. The predicted molar refractivity (Wildman–Crippen MR) is 72.3 cm³/mol. The van der Waals surface area contributed by atoms with Gasteiger partial charge in [0.15, 0.2) is 0 Å². The molecule has 17 heavy (non-hydrogen) atoms. The van der Waals surface area contributed by atoms with Crippen molar-refractivity contribution in [2.45, 2.75) is 39.5 Å². The Balaban J connectivity index is 2.31. The van der Waals surface area contributed by atoms with Gasteiger partial charge in [-0.05, 0) is 24.7 Å². The second-order valence-corrected chi connectivity index (χ2v) is 5.59. The number of aryl methyl sites for hydroxylation is 1. The third-order valence-electron chi connectivity index (χ3n) is 3.58. The van der Waals surface area contributed by atoms with Crippen LogP contribution in [0.4, 0.5) is 11.5 Å². The molecule has 0 spiro atoms. The molecule has 1 saturated heterocycles. The number of nitrogens with zero attached hydrogens (tertiary/aromatic N) is 3. The van der Waals surface area contributed by atoms with Gasteiger partial charge in [0.25, 0.3) is 0 Å². The maximum atomic E-state index is 6.26. The fourth-order valence-corrected chi connectivity index (χ4v) is 2.73. The topological polar surface area (TPSA) is 47.1 Å². The fraction of sp³-hybridized carbons (Fsp3) is 0.769. The van der Waals surface area contributed by atoms with Gasteiger partial charge in [-0.2, -0.15) is 5.10 Å². The summed E-state index contributed by atoms with van der Waals surface area (Å²) < 4.78 is 1.95. The summed E-state index contributed by atoms with van der Waals surface area (Å²) in [5, 5.41) is 4.56. The van der Waals surface area contributed by atoms with E-state index in [1.165, 1.54) is 12.8 Å². The predicted octanol–water partition coefficient (Wildman–Crippen LogP) is 2.36. The SMILES string of the molecule is CC1CCCN(c2c(N)c(C(C)C)nn2C)C1. The summed E-state index contributed by atoms with van der Waals surface area (Å²) in [6, 6.07) is 0.